The Morgan fingerprint density at radius 3 is 2.43 bits per heavy atom. The molecule has 21 heavy (non-hydrogen) atoms. The Hall–Kier alpha value is -1.63. The van der Waals surface area contributed by atoms with E-state index in [1.165, 1.54) is 18.2 Å². The summed E-state index contributed by atoms with van der Waals surface area (Å²) in [7, 11) is -4.01. The van der Waals surface area contributed by atoms with Gasteiger partial charge in [0.1, 0.15) is 4.90 Å². The first-order chi connectivity index (χ1) is 9.81. The minimum Gasteiger partial charge on any atom is -0.399 e. The predicted molar refractivity (Wildman–Crippen MR) is 81.0 cm³/mol. The fourth-order valence-electron chi connectivity index (χ4n) is 1.84. The Morgan fingerprint density at radius 2 is 1.81 bits per heavy atom. The molecular formula is C14H14ClFN2O2S. The molecule has 7 heteroatoms. The molecule has 0 saturated heterocycles. The van der Waals surface area contributed by atoms with Crippen LogP contribution in [0.2, 0.25) is 5.02 Å². The van der Waals surface area contributed by atoms with Gasteiger partial charge >= 0.3 is 0 Å². The fraction of sp³-hybridized carbons (Fsp3) is 0.143. The van der Waals surface area contributed by atoms with Crippen LogP contribution in [-0.4, -0.2) is 8.42 Å². The zero-order chi connectivity index (χ0) is 15.6. The van der Waals surface area contributed by atoms with Crippen LogP contribution in [0.5, 0.6) is 0 Å². The average molecular weight is 329 g/mol. The highest BCUT2D eigenvalue weighted by atomic mass is 35.5. The number of nitrogens with one attached hydrogen (secondary N) is 1. The maximum absolute atomic E-state index is 13.8. The number of hydrogen-bond donors (Lipinski definition) is 2. The Labute approximate surface area is 127 Å². The van der Waals surface area contributed by atoms with Gasteiger partial charge in [-0.05, 0) is 36.8 Å². The third kappa shape index (κ3) is 3.53. The Balaban J connectivity index is 2.29. The van der Waals surface area contributed by atoms with E-state index < -0.39 is 26.8 Å². The highest BCUT2D eigenvalue weighted by Gasteiger charge is 2.23. The van der Waals surface area contributed by atoms with E-state index in [0.717, 1.165) is 5.56 Å². The van der Waals surface area contributed by atoms with Crippen molar-refractivity contribution in [3.63, 3.8) is 0 Å². The average Bonchev–Trinajstić information content (AvgIpc) is 2.41. The summed E-state index contributed by atoms with van der Waals surface area (Å²) in [4.78, 5) is -0.475. The molecular weight excluding hydrogens is 315 g/mol. The van der Waals surface area contributed by atoms with Crippen LogP contribution in [0.3, 0.4) is 0 Å². The van der Waals surface area contributed by atoms with Gasteiger partial charge in [-0.15, -0.1) is 0 Å². The normalized spacial score (nSPS) is 13.1. The summed E-state index contributed by atoms with van der Waals surface area (Å²) in [6, 6.07) is 10.1. The first-order valence-electron chi connectivity index (χ1n) is 6.13. The molecule has 1 atom stereocenters. The molecule has 0 spiro atoms. The number of anilines is 1. The van der Waals surface area contributed by atoms with Crippen molar-refractivity contribution in [2.75, 3.05) is 5.73 Å². The van der Waals surface area contributed by atoms with Crippen molar-refractivity contribution in [2.24, 2.45) is 0 Å². The molecule has 0 aliphatic rings. The van der Waals surface area contributed by atoms with Gasteiger partial charge < -0.3 is 5.73 Å². The quantitative estimate of drug-likeness (QED) is 0.847. The summed E-state index contributed by atoms with van der Waals surface area (Å²) < 4.78 is 40.7. The van der Waals surface area contributed by atoms with Crippen LogP contribution in [0, 0.1) is 5.82 Å². The lowest BCUT2D eigenvalue weighted by molar-refractivity contribution is 0.547. The maximum Gasteiger partial charge on any atom is 0.244 e. The van der Waals surface area contributed by atoms with Crippen molar-refractivity contribution >= 4 is 27.3 Å². The van der Waals surface area contributed by atoms with Gasteiger partial charge in [0.25, 0.3) is 0 Å². The lowest BCUT2D eigenvalue weighted by atomic mass is 10.1. The molecule has 0 amide bonds. The molecule has 3 N–H and O–H groups in total. The second-order valence-electron chi connectivity index (χ2n) is 4.56. The van der Waals surface area contributed by atoms with Crippen molar-refractivity contribution < 1.29 is 12.8 Å². The highest BCUT2D eigenvalue weighted by Crippen LogP contribution is 2.24. The zero-order valence-corrected chi connectivity index (χ0v) is 12.7. The van der Waals surface area contributed by atoms with Gasteiger partial charge in [-0.3, -0.25) is 0 Å². The number of halogens is 2. The minimum absolute atomic E-state index is 0.238. The highest BCUT2D eigenvalue weighted by molar-refractivity contribution is 7.89. The second kappa shape index (κ2) is 6.01. The molecule has 0 bridgehead atoms. The second-order valence-corrected chi connectivity index (χ2v) is 6.65. The molecule has 2 aromatic rings. The van der Waals surface area contributed by atoms with Gasteiger partial charge in [0, 0.05) is 11.7 Å². The SMILES string of the molecule is CC(NS(=O)(=O)c1cccc(Cl)c1F)c1ccc(N)cc1. The summed E-state index contributed by atoms with van der Waals surface area (Å²) in [6.45, 7) is 1.66. The fourth-order valence-corrected chi connectivity index (χ4v) is 3.40. The van der Waals surface area contributed by atoms with Crippen LogP contribution in [-0.2, 0) is 10.0 Å². The monoisotopic (exact) mass is 328 g/mol. The number of hydrogen-bond acceptors (Lipinski definition) is 3. The smallest absolute Gasteiger partial charge is 0.244 e. The van der Waals surface area contributed by atoms with Crippen LogP contribution in [0.15, 0.2) is 47.4 Å². The Morgan fingerprint density at radius 1 is 1.19 bits per heavy atom. The molecule has 0 radical (unpaired) electrons. The molecule has 0 fully saturated rings. The van der Waals surface area contributed by atoms with Gasteiger partial charge in [-0.25, -0.2) is 17.5 Å². The van der Waals surface area contributed by atoms with Crippen LogP contribution in [0.4, 0.5) is 10.1 Å². The van der Waals surface area contributed by atoms with E-state index >= 15 is 0 Å². The van der Waals surface area contributed by atoms with Crippen molar-refractivity contribution in [1.82, 2.24) is 4.72 Å². The molecule has 0 heterocycles. The third-order valence-electron chi connectivity index (χ3n) is 2.97. The molecule has 0 aliphatic heterocycles. The lowest BCUT2D eigenvalue weighted by Gasteiger charge is -2.15. The number of benzene rings is 2. The van der Waals surface area contributed by atoms with Crippen molar-refractivity contribution in [1.29, 1.82) is 0 Å². The van der Waals surface area contributed by atoms with E-state index in [1.54, 1.807) is 31.2 Å². The topological polar surface area (TPSA) is 72.2 Å². The van der Waals surface area contributed by atoms with Gasteiger partial charge in [0.2, 0.25) is 10.0 Å². The summed E-state index contributed by atoms with van der Waals surface area (Å²) in [5, 5.41) is -0.238. The number of nitrogen functional groups attached to an aromatic ring is 1. The zero-order valence-electron chi connectivity index (χ0n) is 11.2. The molecule has 112 valence electrons. The van der Waals surface area contributed by atoms with Gasteiger partial charge in [0.15, 0.2) is 5.82 Å². The Kier molecular flexibility index (Phi) is 4.51. The lowest BCUT2D eigenvalue weighted by Crippen LogP contribution is -2.27. The molecule has 4 nitrogen and oxygen atoms in total. The molecule has 0 aliphatic carbocycles. The first-order valence-corrected chi connectivity index (χ1v) is 7.99. The molecule has 1 unspecified atom stereocenters. The largest absolute Gasteiger partial charge is 0.399 e. The van der Waals surface area contributed by atoms with E-state index in [2.05, 4.69) is 4.72 Å². The van der Waals surface area contributed by atoms with Gasteiger partial charge in [-0.2, -0.15) is 0 Å². The number of sulfonamides is 1. The molecule has 2 rings (SSSR count). The maximum atomic E-state index is 13.8. The van der Waals surface area contributed by atoms with Gasteiger partial charge in [0.05, 0.1) is 5.02 Å². The summed E-state index contributed by atoms with van der Waals surface area (Å²) in [6.07, 6.45) is 0. The molecule has 0 aromatic heterocycles. The molecule has 0 saturated carbocycles. The van der Waals surface area contributed by atoms with Crippen LogP contribution < -0.4 is 10.5 Å². The van der Waals surface area contributed by atoms with E-state index in [-0.39, 0.29) is 5.02 Å². The third-order valence-corrected chi connectivity index (χ3v) is 4.82. The van der Waals surface area contributed by atoms with Crippen LogP contribution >= 0.6 is 11.6 Å². The first kappa shape index (κ1) is 15.8. The standard InChI is InChI=1S/C14H14ClFN2O2S/c1-9(10-5-7-11(17)8-6-10)18-21(19,20)13-4-2-3-12(15)14(13)16/h2-9,18H,17H2,1H3. The van der Waals surface area contributed by atoms with Gasteiger partial charge in [-0.1, -0.05) is 29.8 Å². The number of rotatable bonds is 4. The van der Waals surface area contributed by atoms with Crippen LogP contribution in [0.25, 0.3) is 0 Å². The molecule has 2 aromatic carbocycles. The van der Waals surface area contributed by atoms with Crippen molar-refractivity contribution in [3.05, 3.63) is 58.9 Å². The van der Waals surface area contributed by atoms with Crippen LogP contribution in [0.1, 0.15) is 18.5 Å². The van der Waals surface area contributed by atoms with E-state index in [0.29, 0.717) is 5.69 Å². The van der Waals surface area contributed by atoms with Crippen molar-refractivity contribution in [3.8, 4) is 0 Å². The van der Waals surface area contributed by atoms with E-state index in [1.807, 2.05) is 0 Å². The van der Waals surface area contributed by atoms with E-state index in [9.17, 15) is 12.8 Å². The van der Waals surface area contributed by atoms with E-state index in [4.69, 9.17) is 17.3 Å². The predicted octanol–water partition coefficient (Wildman–Crippen LogP) is 3.10. The minimum atomic E-state index is -4.01. The van der Waals surface area contributed by atoms with Crippen molar-refractivity contribution in [2.45, 2.75) is 17.9 Å². The Bertz CT molecular complexity index is 748. The summed E-state index contributed by atoms with van der Waals surface area (Å²) >= 11 is 5.61. The summed E-state index contributed by atoms with van der Waals surface area (Å²) in [5.41, 5.74) is 6.87. The number of nitrogens with two attached hydrogens (primary N) is 1. The summed E-state index contributed by atoms with van der Waals surface area (Å²) in [5.74, 6) is -0.962.